The first-order valence-corrected chi connectivity index (χ1v) is 7.52. The fraction of sp³-hybridized carbons (Fsp3) is 1.00. The van der Waals surface area contributed by atoms with Gasteiger partial charge in [0.25, 0.3) is 0 Å². The Morgan fingerprint density at radius 1 is 0.765 bits per heavy atom. The largest absolute Gasteiger partial charge is 0.396 e. The van der Waals surface area contributed by atoms with E-state index < -0.39 is 0 Å². The Hall–Kier alpha value is -0.0800. The molecular formula is C15H28O2. The van der Waals surface area contributed by atoms with Crippen molar-refractivity contribution in [2.45, 2.75) is 64.2 Å². The predicted molar refractivity (Wildman–Crippen MR) is 69.8 cm³/mol. The molecule has 0 aromatic carbocycles. The molecule has 2 fully saturated rings. The average Bonchev–Trinajstić information content (AvgIpc) is 2.92. The van der Waals surface area contributed by atoms with Crippen molar-refractivity contribution in [1.29, 1.82) is 0 Å². The first-order chi connectivity index (χ1) is 8.30. The lowest BCUT2D eigenvalue weighted by Gasteiger charge is -2.39. The summed E-state index contributed by atoms with van der Waals surface area (Å²) in [7, 11) is 0. The summed E-state index contributed by atoms with van der Waals surface area (Å²) >= 11 is 0. The zero-order valence-electron chi connectivity index (χ0n) is 11.0. The van der Waals surface area contributed by atoms with Crippen LogP contribution in [0, 0.1) is 17.3 Å². The van der Waals surface area contributed by atoms with Crippen LogP contribution in [0.5, 0.6) is 0 Å². The van der Waals surface area contributed by atoms with Crippen molar-refractivity contribution in [2.75, 3.05) is 13.2 Å². The number of aliphatic hydroxyl groups is 2. The van der Waals surface area contributed by atoms with E-state index in [0.717, 1.165) is 12.3 Å². The highest BCUT2D eigenvalue weighted by Crippen LogP contribution is 2.45. The van der Waals surface area contributed by atoms with Gasteiger partial charge in [-0.2, -0.15) is 0 Å². The van der Waals surface area contributed by atoms with Gasteiger partial charge in [0.15, 0.2) is 0 Å². The van der Waals surface area contributed by atoms with E-state index in [9.17, 15) is 10.2 Å². The Kier molecular flexibility index (Phi) is 4.87. The number of aliphatic hydroxyl groups excluding tert-OH is 2. The van der Waals surface area contributed by atoms with Crippen LogP contribution in [0.25, 0.3) is 0 Å². The minimum absolute atomic E-state index is 0.168. The molecule has 2 saturated carbocycles. The van der Waals surface area contributed by atoms with Crippen LogP contribution in [0.15, 0.2) is 0 Å². The molecule has 0 saturated heterocycles. The summed E-state index contributed by atoms with van der Waals surface area (Å²) in [4.78, 5) is 0. The molecule has 2 aliphatic carbocycles. The minimum Gasteiger partial charge on any atom is -0.396 e. The lowest BCUT2D eigenvalue weighted by Crippen LogP contribution is -2.39. The van der Waals surface area contributed by atoms with Crippen LogP contribution < -0.4 is 0 Å². The van der Waals surface area contributed by atoms with Crippen LogP contribution in [0.1, 0.15) is 64.2 Å². The van der Waals surface area contributed by atoms with Crippen molar-refractivity contribution in [1.82, 2.24) is 0 Å². The maximum atomic E-state index is 9.81. The van der Waals surface area contributed by atoms with E-state index >= 15 is 0 Å². The summed E-state index contributed by atoms with van der Waals surface area (Å²) in [6.07, 6.45) is 12.8. The van der Waals surface area contributed by atoms with Gasteiger partial charge in [0, 0.05) is 5.41 Å². The van der Waals surface area contributed by atoms with E-state index in [1.54, 1.807) is 0 Å². The highest BCUT2D eigenvalue weighted by molar-refractivity contribution is 4.90. The van der Waals surface area contributed by atoms with Crippen LogP contribution in [0.2, 0.25) is 0 Å². The Bertz CT molecular complexity index is 211. The number of hydrogen-bond acceptors (Lipinski definition) is 2. The normalized spacial score (nSPS) is 24.4. The van der Waals surface area contributed by atoms with Gasteiger partial charge in [-0.3, -0.25) is 0 Å². The SMILES string of the molecule is OCC(CO)(CC1CCCCC1)C1CCCC1. The third-order valence-electron chi connectivity index (χ3n) is 5.27. The van der Waals surface area contributed by atoms with Gasteiger partial charge in [0.2, 0.25) is 0 Å². The molecule has 0 bridgehead atoms. The van der Waals surface area contributed by atoms with Gasteiger partial charge < -0.3 is 10.2 Å². The van der Waals surface area contributed by atoms with E-state index in [0.29, 0.717) is 5.92 Å². The third-order valence-corrected chi connectivity index (χ3v) is 5.27. The van der Waals surface area contributed by atoms with Crippen LogP contribution in [-0.4, -0.2) is 23.4 Å². The predicted octanol–water partition coefficient (Wildman–Crippen LogP) is 3.12. The number of rotatable bonds is 5. The molecule has 2 aliphatic rings. The first-order valence-electron chi connectivity index (χ1n) is 7.52. The van der Waals surface area contributed by atoms with Crippen LogP contribution >= 0.6 is 0 Å². The third kappa shape index (κ3) is 3.03. The quantitative estimate of drug-likeness (QED) is 0.775. The summed E-state index contributed by atoms with van der Waals surface area (Å²) < 4.78 is 0. The van der Waals surface area contributed by atoms with Crippen molar-refractivity contribution in [2.24, 2.45) is 17.3 Å². The molecule has 2 heteroatoms. The lowest BCUT2D eigenvalue weighted by atomic mass is 9.67. The molecule has 0 amide bonds. The van der Waals surface area contributed by atoms with Crippen molar-refractivity contribution in [3.63, 3.8) is 0 Å². The van der Waals surface area contributed by atoms with E-state index in [1.807, 2.05) is 0 Å². The highest BCUT2D eigenvalue weighted by Gasteiger charge is 2.40. The molecule has 0 aromatic heterocycles. The molecule has 0 radical (unpaired) electrons. The van der Waals surface area contributed by atoms with Crippen molar-refractivity contribution in [3.05, 3.63) is 0 Å². The van der Waals surface area contributed by atoms with Gasteiger partial charge in [0.1, 0.15) is 0 Å². The molecule has 0 aliphatic heterocycles. The van der Waals surface area contributed by atoms with Gasteiger partial charge in [0.05, 0.1) is 13.2 Å². The summed E-state index contributed by atoms with van der Waals surface area (Å²) in [6, 6.07) is 0. The molecule has 2 N–H and O–H groups in total. The lowest BCUT2D eigenvalue weighted by molar-refractivity contribution is -0.0180. The smallest absolute Gasteiger partial charge is 0.0512 e. The Morgan fingerprint density at radius 3 is 1.82 bits per heavy atom. The molecule has 17 heavy (non-hydrogen) atoms. The second-order valence-electron chi connectivity index (χ2n) is 6.37. The van der Waals surface area contributed by atoms with E-state index in [1.165, 1.54) is 57.8 Å². The van der Waals surface area contributed by atoms with Gasteiger partial charge in [-0.25, -0.2) is 0 Å². The van der Waals surface area contributed by atoms with Crippen LogP contribution in [0.4, 0.5) is 0 Å². The van der Waals surface area contributed by atoms with Gasteiger partial charge in [-0.15, -0.1) is 0 Å². The van der Waals surface area contributed by atoms with Crippen molar-refractivity contribution in [3.8, 4) is 0 Å². The zero-order valence-corrected chi connectivity index (χ0v) is 11.0. The zero-order chi connectivity index (χ0) is 12.1. The van der Waals surface area contributed by atoms with Crippen LogP contribution in [-0.2, 0) is 0 Å². The molecule has 2 rings (SSSR count). The van der Waals surface area contributed by atoms with E-state index in [4.69, 9.17) is 0 Å². The molecule has 0 unspecified atom stereocenters. The molecule has 0 spiro atoms. The Morgan fingerprint density at radius 2 is 1.29 bits per heavy atom. The minimum atomic E-state index is -0.168. The fourth-order valence-corrected chi connectivity index (χ4v) is 4.11. The highest BCUT2D eigenvalue weighted by atomic mass is 16.3. The molecule has 0 heterocycles. The summed E-state index contributed by atoms with van der Waals surface area (Å²) in [6.45, 7) is 0.370. The van der Waals surface area contributed by atoms with Gasteiger partial charge in [-0.1, -0.05) is 44.9 Å². The summed E-state index contributed by atoms with van der Waals surface area (Å²) in [5.74, 6) is 1.32. The second kappa shape index (κ2) is 6.19. The van der Waals surface area contributed by atoms with Crippen molar-refractivity contribution < 1.29 is 10.2 Å². The molecule has 0 aromatic rings. The average molecular weight is 240 g/mol. The second-order valence-corrected chi connectivity index (χ2v) is 6.37. The Balaban J connectivity index is 1.98. The van der Waals surface area contributed by atoms with E-state index in [-0.39, 0.29) is 18.6 Å². The maximum absolute atomic E-state index is 9.81. The monoisotopic (exact) mass is 240 g/mol. The molecular weight excluding hydrogens is 212 g/mol. The fourth-order valence-electron chi connectivity index (χ4n) is 4.11. The van der Waals surface area contributed by atoms with Gasteiger partial charge in [-0.05, 0) is 31.1 Å². The van der Waals surface area contributed by atoms with Crippen LogP contribution in [0.3, 0.4) is 0 Å². The Labute approximate surface area is 105 Å². The molecule has 2 nitrogen and oxygen atoms in total. The van der Waals surface area contributed by atoms with Crippen molar-refractivity contribution >= 4 is 0 Å². The number of hydrogen-bond donors (Lipinski definition) is 2. The first kappa shape index (κ1) is 13.4. The molecule has 0 atom stereocenters. The summed E-state index contributed by atoms with van der Waals surface area (Å²) in [5.41, 5.74) is -0.168. The maximum Gasteiger partial charge on any atom is 0.0512 e. The molecule has 100 valence electrons. The van der Waals surface area contributed by atoms with E-state index in [2.05, 4.69) is 0 Å². The van der Waals surface area contributed by atoms with Gasteiger partial charge >= 0.3 is 0 Å². The summed E-state index contributed by atoms with van der Waals surface area (Å²) in [5, 5.41) is 19.6. The standard InChI is InChI=1S/C15H28O2/c16-11-15(12-17,14-8-4-5-9-14)10-13-6-2-1-3-7-13/h13-14,16-17H,1-12H2. The topological polar surface area (TPSA) is 40.5 Å².